The lowest BCUT2D eigenvalue weighted by molar-refractivity contribution is -0.384. The Kier molecular flexibility index (Phi) is 5.14. The van der Waals surface area contributed by atoms with Gasteiger partial charge in [-0.05, 0) is 31.4 Å². The van der Waals surface area contributed by atoms with Crippen molar-refractivity contribution in [1.82, 2.24) is 5.32 Å². The van der Waals surface area contributed by atoms with E-state index < -0.39 is 4.92 Å². The van der Waals surface area contributed by atoms with Gasteiger partial charge in [-0.15, -0.1) is 0 Å². The van der Waals surface area contributed by atoms with Gasteiger partial charge in [0.15, 0.2) is 0 Å². The lowest BCUT2D eigenvalue weighted by atomic mass is 10.1. The van der Waals surface area contributed by atoms with E-state index in [0.717, 1.165) is 12.8 Å². The van der Waals surface area contributed by atoms with Gasteiger partial charge in [-0.2, -0.15) is 0 Å². The summed E-state index contributed by atoms with van der Waals surface area (Å²) in [5.41, 5.74) is 0.959. The second-order valence-electron chi connectivity index (χ2n) is 5.29. The number of benzene rings is 1. The van der Waals surface area contributed by atoms with Gasteiger partial charge in [-0.25, -0.2) is 0 Å². The maximum absolute atomic E-state index is 11.9. The summed E-state index contributed by atoms with van der Waals surface area (Å²) < 4.78 is 0. The normalized spacial score (nSPS) is 15.1. The maximum atomic E-state index is 11.9. The van der Waals surface area contributed by atoms with Gasteiger partial charge in [0.05, 0.1) is 11.5 Å². The number of nitro groups is 1. The number of hydrogen-bond acceptors (Lipinski definition) is 4. The van der Waals surface area contributed by atoms with Crippen LogP contribution in [0.1, 0.15) is 31.2 Å². The fraction of sp³-hybridized carbons (Fsp3) is 0.500. The van der Waals surface area contributed by atoms with E-state index in [9.17, 15) is 14.9 Å². The molecule has 0 heterocycles. The average molecular weight is 312 g/mol. The van der Waals surface area contributed by atoms with Gasteiger partial charge >= 0.3 is 0 Å². The summed E-state index contributed by atoms with van der Waals surface area (Å²) in [7, 11) is 0. The van der Waals surface area contributed by atoms with E-state index in [1.165, 1.54) is 25.0 Å². The Morgan fingerprint density at radius 1 is 1.43 bits per heavy atom. The molecule has 0 aliphatic heterocycles. The minimum absolute atomic E-state index is 0.0182. The number of nitrogens with one attached hydrogen (secondary N) is 2. The van der Waals surface area contributed by atoms with E-state index in [0.29, 0.717) is 17.3 Å². The number of nitro benzene ring substituents is 1. The molecule has 0 saturated heterocycles. The molecule has 6 nitrogen and oxygen atoms in total. The van der Waals surface area contributed by atoms with Gasteiger partial charge < -0.3 is 10.6 Å². The van der Waals surface area contributed by atoms with Gasteiger partial charge in [0, 0.05) is 17.8 Å². The second kappa shape index (κ2) is 6.87. The molecule has 1 fully saturated rings. The highest BCUT2D eigenvalue weighted by atomic mass is 35.5. The fourth-order valence-electron chi connectivity index (χ4n) is 2.50. The van der Waals surface area contributed by atoms with Crippen LogP contribution in [-0.4, -0.2) is 23.4 Å². The predicted octanol–water partition coefficient (Wildman–Crippen LogP) is 3.03. The summed E-state index contributed by atoms with van der Waals surface area (Å²) in [4.78, 5) is 22.1. The summed E-state index contributed by atoms with van der Waals surface area (Å²) in [5.74, 6) is -0.171. The average Bonchev–Trinajstić information content (AvgIpc) is 2.93. The van der Waals surface area contributed by atoms with Crippen LogP contribution in [-0.2, 0) is 4.79 Å². The number of halogens is 1. The molecule has 114 valence electrons. The van der Waals surface area contributed by atoms with Crippen molar-refractivity contribution in [3.8, 4) is 0 Å². The number of amides is 1. The van der Waals surface area contributed by atoms with Gasteiger partial charge in [0.2, 0.25) is 5.91 Å². The Balaban J connectivity index is 1.96. The summed E-state index contributed by atoms with van der Waals surface area (Å²) in [6.45, 7) is 1.93. The maximum Gasteiger partial charge on any atom is 0.288 e. The third-order valence-corrected chi connectivity index (χ3v) is 3.97. The first kappa shape index (κ1) is 15.7. The predicted molar refractivity (Wildman–Crippen MR) is 81.7 cm³/mol. The molecule has 0 radical (unpaired) electrons. The number of aryl methyl sites for hydroxylation is 1. The first-order chi connectivity index (χ1) is 9.97. The first-order valence-corrected chi connectivity index (χ1v) is 7.33. The highest BCUT2D eigenvalue weighted by molar-refractivity contribution is 6.33. The minimum Gasteiger partial charge on any atom is -0.325 e. The number of carbonyl (C=O) groups is 1. The third kappa shape index (κ3) is 4.15. The fourth-order valence-corrected chi connectivity index (χ4v) is 2.73. The van der Waals surface area contributed by atoms with Crippen molar-refractivity contribution in [3.05, 3.63) is 32.8 Å². The standard InChI is InChI=1S/C14H18ClN3O3/c1-9-6-13(18(20)21)11(15)7-12(9)17-14(19)8-16-10-4-2-3-5-10/h6-7,10,16H,2-5,8H2,1H3,(H,17,19). The van der Waals surface area contributed by atoms with Crippen molar-refractivity contribution in [2.45, 2.75) is 38.6 Å². The summed E-state index contributed by atoms with van der Waals surface area (Å²) >= 11 is 5.85. The van der Waals surface area contributed by atoms with Gasteiger partial charge in [-0.3, -0.25) is 14.9 Å². The van der Waals surface area contributed by atoms with Crippen LogP contribution in [0.4, 0.5) is 11.4 Å². The third-order valence-electron chi connectivity index (χ3n) is 3.67. The van der Waals surface area contributed by atoms with E-state index in [1.807, 2.05) is 0 Å². The molecule has 1 saturated carbocycles. The van der Waals surface area contributed by atoms with Crippen LogP contribution in [0.5, 0.6) is 0 Å². The van der Waals surface area contributed by atoms with Gasteiger partial charge in [0.25, 0.3) is 5.69 Å². The van der Waals surface area contributed by atoms with E-state index in [4.69, 9.17) is 11.6 Å². The molecule has 0 aromatic heterocycles. The van der Waals surface area contributed by atoms with Crippen LogP contribution in [0.25, 0.3) is 0 Å². The van der Waals surface area contributed by atoms with Crippen molar-refractivity contribution in [2.24, 2.45) is 0 Å². The lowest BCUT2D eigenvalue weighted by Crippen LogP contribution is -2.34. The molecule has 0 unspecified atom stereocenters. The Labute approximate surface area is 128 Å². The Morgan fingerprint density at radius 2 is 2.10 bits per heavy atom. The minimum atomic E-state index is -0.539. The van der Waals surface area contributed by atoms with Crippen LogP contribution >= 0.6 is 11.6 Å². The molecule has 21 heavy (non-hydrogen) atoms. The number of anilines is 1. The number of nitrogens with zero attached hydrogens (tertiary/aromatic N) is 1. The Hall–Kier alpha value is -1.66. The zero-order valence-electron chi connectivity index (χ0n) is 11.8. The van der Waals surface area contributed by atoms with Crippen LogP contribution in [0.15, 0.2) is 12.1 Å². The number of carbonyl (C=O) groups excluding carboxylic acids is 1. The zero-order chi connectivity index (χ0) is 15.4. The smallest absolute Gasteiger partial charge is 0.288 e. The summed E-state index contributed by atoms with van der Waals surface area (Å²) in [5, 5.41) is 16.7. The lowest BCUT2D eigenvalue weighted by Gasteiger charge is -2.13. The zero-order valence-corrected chi connectivity index (χ0v) is 12.6. The quantitative estimate of drug-likeness (QED) is 0.646. The molecular formula is C14H18ClN3O3. The largest absolute Gasteiger partial charge is 0.325 e. The Bertz CT molecular complexity index is 557. The molecule has 7 heteroatoms. The van der Waals surface area contributed by atoms with Crippen molar-refractivity contribution in [3.63, 3.8) is 0 Å². The highest BCUT2D eigenvalue weighted by Gasteiger charge is 2.18. The summed E-state index contributed by atoms with van der Waals surface area (Å²) in [6.07, 6.45) is 4.62. The van der Waals surface area contributed by atoms with E-state index in [2.05, 4.69) is 10.6 Å². The molecule has 1 aliphatic rings. The molecule has 1 amide bonds. The molecule has 0 atom stereocenters. The number of hydrogen-bond donors (Lipinski definition) is 2. The van der Waals surface area contributed by atoms with E-state index in [1.54, 1.807) is 6.92 Å². The van der Waals surface area contributed by atoms with E-state index in [-0.39, 0.29) is 23.2 Å². The first-order valence-electron chi connectivity index (χ1n) is 6.95. The molecule has 1 aromatic rings. The van der Waals surface area contributed by atoms with Crippen LogP contribution in [0.2, 0.25) is 5.02 Å². The molecular weight excluding hydrogens is 294 g/mol. The van der Waals surface area contributed by atoms with Gasteiger partial charge in [-0.1, -0.05) is 24.4 Å². The Morgan fingerprint density at radius 3 is 2.71 bits per heavy atom. The topological polar surface area (TPSA) is 84.3 Å². The molecule has 1 aromatic carbocycles. The van der Waals surface area contributed by atoms with Gasteiger partial charge in [0.1, 0.15) is 5.02 Å². The molecule has 0 bridgehead atoms. The van der Waals surface area contributed by atoms with Crippen molar-refractivity contribution < 1.29 is 9.72 Å². The molecule has 2 N–H and O–H groups in total. The van der Waals surface area contributed by atoms with Crippen molar-refractivity contribution >= 4 is 28.9 Å². The monoisotopic (exact) mass is 311 g/mol. The van der Waals surface area contributed by atoms with Crippen LogP contribution < -0.4 is 10.6 Å². The molecule has 2 rings (SSSR count). The van der Waals surface area contributed by atoms with Crippen LogP contribution in [0, 0.1) is 17.0 Å². The van der Waals surface area contributed by atoms with Crippen molar-refractivity contribution in [1.29, 1.82) is 0 Å². The highest BCUT2D eigenvalue weighted by Crippen LogP contribution is 2.30. The molecule has 1 aliphatic carbocycles. The second-order valence-corrected chi connectivity index (χ2v) is 5.69. The van der Waals surface area contributed by atoms with Crippen LogP contribution in [0.3, 0.4) is 0 Å². The van der Waals surface area contributed by atoms with E-state index >= 15 is 0 Å². The SMILES string of the molecule is Cc1cc([N+](=O)[O-])c(Cl)cc1NC(=O)CNC1CCCC1. The molecule has 0 spiro atoms. The summed E-state index contributed by atoms with van der Waals surface area (Å²) in [6, 6.07) is 3.20. The van der Waals surface area contributed by atoms with Crippen molar-refractivity contribution in [2.75, 3.05) is 11.9 Å². The number of rotatable bonds is 5.